The van der Waals surface area contributed by atoms with Gasteiger partial charge in [-0.25, -0.2) is 0 Å². The van der Waals surface area contributed by atoms with Gasteiger partial charge >= 0.3 is 0 Å². The van der Waals surface area contributed by atoms with Crippen molar-refractivity contribution in [2.75, 3.05) is 20.3 Å². The van der Waals surface area contributed by atoms with Crippen molar-refractivity contribution >= 4 is 0 Å². The first-order chi connectivity index (χ1) is 8.07. The average Bonchev–Trinajstić information content (AvgIpc) is 2.32. The Labute approximate surface area is 103 Å². The Bertz CT molecular complexity index is 406. The van der Waals surface area contributed by atoms with E-state index in [0.717, 1.165) is 42.1 Å². The molecular formula is C14H20O3. The average molecular weight is 236 g/mol. The van der Waals surface area contributed by atoms with Gasteiger partial charge in [-0.15, -0.1) is 0 Å². The molecule has 1 aliphatic heterocycles. The molecule has 3 heteroatoms. The maximum atomic E-state index is 5.80. The lowest BCUT2D eigenvalue weighted by Crippen LogP contribution is -2.35. The van der Waals surface area contributed by atoms with Crippen molar-refractivity contribution in [2.24, 2.45) is 0 Å². The Hall–Kier alpha value is -1.06. The van der Waals surface area contributed by atoms with Gasteiger partial charge in [0.25, 0.3) is 0 Å². The Morgan fingerprint density at radius 1 is 1.12 bits per heavy atom. The summed E-state index contributed by atoms with van der Waals surface area (Å²) in [5.74, 6) is 0.296. The summed E-state index contributed by atoms with van der Waals surface area (Å²) in [7, 11) is 1.69. The van der Waals surface area contributed by atoms with Gasteiger partial charge in [-0.1, -0.05) is 0 Å². The molecule has 0 bridgehead atoms. The zero-order valence-electron chi connectivity index (χ0n) is 11.0. The van der Waals surface area contributed by atoms with Crippen LogP contribution in [-0.4, -0.2) is 20.3 Å². The van der Waals surface area contributed by atoms with Crippen LogP contribution in [0.2, 0.25) is 0 Å². The summed E-state index contributed by atoms with van der Waals surface area (Å²) < 4.78 is 16.9. The van der Waals surface area contributed by atoms with Crippen molar-refractivity contribution in [3.8, 4) is 5.75 Å². The smallest absolute Gasteiger partial charge is 0.192 e. The highest BCUT2D eigenvalue weighted by molar-refractivity contribution is 5.43. The van der Waals surface area contributed by atoms with Crippen LogP contribution in [0.5, 0.6) is 5.75 Å². The standard InChI is InChI=1S/C14H20O3/c1-10-9-13(15-4)11(2)8-12(10)14(3)16-6-5-7-17-14/h8-9H,5-7H2,1-4H3. The fraction of sp³-hybridized carbons (Fsp3) is 0.571. The molecule has 17 heavy (non-hydrogen) atoms. The Kier molecular flexibility index (Phi) is 3.40. The lowest BCUT2D eigenvalue weighted by molar-refractivity contribution is -0.265. The highest BCUT2D eigenvalue weighted by Crippen LogP contribution is 2.35. The summed E-state index contributed by atoms with van der Waals surface area (Å²) >= 11 is 0. The van der Waals surface area contributed by atoms with E-state index >= 15 is 0 Å². The van der Waals surface area contributed by atoms with Crippen LogP contribution in [0.3, 0.4) is 0 Å². The maximum Gasteiger partial charge on any atom is 0.192 e. The molecule has 1 aliphatic rings. The van der Waals surface area contributed by atoms with E-state index in [1.807, 2.05) is 19.9 Å². The summed E-state index contributed by atoms with van der Waals surface area (Å²) in [6.07, 6.45) is 0.962. The Balaban J connectivity index is 2.41. The lowest BCUT2D eigenvalue weighted by atomic mass is 9.97. The summed E-state index contributed by atoms with van der Waals surface area (Å²) in [6, 6.07) is 4.14. The van der Waals surface area contributed by atoms with Crippen LogP contribution in [0.4, 0.5) is 0 Å². The summed E-state index contributed by atoms with van der Waals surface area (Å²) in [4.78, 5) is 0. The van der Waals surface area contributed by atoms with Crippen LogP contribution < -0.4 is 4.74 Å². The summed E-state index contributed by atoms with van der Waals surface area (Å²) in [5, 5.41) is 0. The molecule has 3 nitrogen and oxygen atoms in total. The third-order valence-electron chi connectivity index (χ3n) is 3.27. The molecule has 94 valence electrons. The monoisotopic (exact) mass is 236 g/mol. The first-order valence-corrected chi connectivity index (χ1v) is 6.00. The predicted octanol–water partition coefficient (Wildman–Crippen LogP) is 2.92. The highest BCUT2D eigenvalue weighted by atomic mass is 16.7. The second kappa shape index (κ2) is 4.67. The second-order valence-corrected chi connectivity index (χ2v) is 4.63. The van der Waals surface area contributed by atoms with Crippen molar-refractivity contribution in [3.63, 3.8) is 0 Å². The van der Waals surface area contributed by atoms with Crippen LogP contribution >= 0.6 is 0 Å². The summed E-state index contributed by atoms with van der Waals surface area (Å²) in [5.41, 5.74) is 3.33. The molecule has 1 saturated heterocycles. The van der Waals surface area contributed by atoms with Crippen LogP contribution in [-0.2, 0) is 15.3 Å². The van der Waals surface area contributed by atoms with Gasteiger partial charge in [-0.3, -0.25) is 0 Å². The minimum atomic E-state index is -0.612. The zero-order valence-corrected chi connectivity index (χ0v) is 11.0. The van der Waals surface area contributed by atoms with Crippen LogP contribution in [0.15, 0.2) is 12.1 Å². The molecule has 0 unspecified atom stereocenters. The van der Waals surface area contributed by atoms with E-state index in [2.05, 4.69) is 13.0 Å². The Morgan fingerprint density at radius 2 is 1.76 bits per heavy atom. The Morgan fingerprint density at radius 3 is 2.35 bits per heavy atom. The van der Waals surface area contributed by atoms with Gasteiger partial charge in [0, 0.05) is 5.56 Å². The molecule has 1 heterocycles. The van der Waals surface area contributed by atoms with Gasteiger partial charge in [0.1, 0.15) is 5.75 Å². The SMILES string of the molecule is COc1cc(C)c(C2(C)OCCCO2)cc1C. The molecule has 1 aromatic rings. The largest absolute Gasteiger partial charge is 0.496 e. The van der Waals surface area contributed by atoms with Gasteiger partial charge in [0.05, 0.1) is 20.3 Å². The highest BCUT2D eigenvalue weighted by Gasteiger charge is 2.33. The molecule has 0 aromatic heterocycles. The first-order valence-electron chi connectivity index (χ1n) is 6.00. The molecule has 2 rings (SSSR count). The third kappa shape index (κ3) is 2.31. The molecule has 1 aromatic carbocycles. The molecule has 1 fully saturated rings. The first kappa shape index (κ1) is 12.4. The number of aryl methyl sites for hydroxylation is 2. The topological polar surface area (TPSA) is 27.7 Å². The minimum Gasteiger partial charge on any atom is -0.496 e. The lowest BCUT2D eigenvalue weighted by Gasteiger charge is -2.35. The number of hydrogen-bond donors (Lipinski definition) is 0. The van der Waals surface area contributed by atoms with Gasteiger partial charge in [-0.05, 0) is 50.5 Å². The van der Waals surface area contributed by atoms with E-state index < -0.39 is 5.79 Å². The van der Waals surface area contributed by atoms with E-state index in [1.165, 1.54) is 0 Å². The number of hydrogen-bond acceptors (Lipinski definition) is 3. The van der Waals surface area contributed by atoms with Crippen molar-refractivity contribution in [3.05, 3.63) is 28.8 Å². The molecule has 0 spiro atoms. The summed E-state index contributed by atoms with van der Waals surface area (Å²) in [6.45, 7) is 7.58. The number of rotatable bonds is 2. The van der Waals surface area contributed by atoms with Crippen molar-refractivity contribution in [2.45, 2.75) is 33.0 Å². The van der Waals surface area contributed by atoms with Crippen molar-refractivity contribution in [1.82, 2.24) is 0 Å². The number of ether oxygens (including phenoxy) is 3. The fourth-order valence-electron chi connectivity index (χ4n) is 2.29. The number of benzene rings is 1. The molecular weight excluding hydrogens is 216 g/mol. The fourth-order valence-corrected chi connectivity index (χ4v) is 2.29. The van der Waals surface area contributed by atoms with Gasteiger partial charge in [-0.2, -0.15) is 0 Å². The van der Waals surface area contributed by atoms with E-state index in [9.17, 15) is 0 Å². The van der Waals surface area contributed by atoms with E-state index in [0.29, 0.717) is 0 Å². The predicted molar refractivity (Wildman–Crippen MR) is 66.3 cm³/mol. The van der Waals surface area contributed by atoms with Gasteiger partial charge in [0.15, 0.2) is 5.79 Å². The zero-order chi connectivity index (χ0) is 12.5. The van der Waals surface area contributed by atoms with E-state index in [4.69, 9.17) is 14.2 Å². The van der Waals surface area contributed by atoms with Gasteiger partial charge < -0.3 is 14.2 Å². The normalized spacial score (nSPS) is 19.1. The minimum absolute atomic E-state index is 0.612. The molecule has 0 N–H and O–H groups in total. The van der Waals surface area contributed by atoms with Crippen molar-refractivity contribution < 1.29 is 14.2 Å². The quantitative estimate of drug-likeness (QED) is 0.790. The molecule has 0 radical (unpaired) electrons. The van der Waals surface area contributed by atoms with E-state index in [-0.39, 0.29) is 0 Å². The van der Waals surface area contributed by atoms with Gasteiger partial charge in [0.2, 0.25) is 0 Å². The molecule has 0 amide bonds. The second-order valence-electron chi connectivity index (χ2n) is 4.63. The maximum absolute atomic E-state index is 5.80. The van der Waals surface area contributed by atoms with Crippen molar-refractivity contribution in [1.29, 1.82) is 0 Å². The number of methoxy groups -OCH3 is 1. The molecule has 0 aliphatic carbocycles. The van der Waals surface area contributed by atoms with E-state index in [1.54, 1.807) is 7.11 Å². The molecule has 0 saturated carbocycles. The molecule has 0 atom stereocenters. The van der Waals surface area contributed by atoms with Crippen LogP contribution in [0.1, 0.15) is 30.0 Å². The third-order valence-corrected chi connectivity index (χ3v) is 3.27. The van der Waals surface area contributed by atoms with Crippen LogP contribution in [0.25, 0.3) is 0 Å². The van der Waals surface area contributed by atoms with Crippen LogP contribution in [0, 0.1) is 13.8 Å².